The van der Waals surface area contributed by atoms with E-state index in [1.54, 1.807) is 12.1 Å². The molecule has 0 unspecified atom stereocenters. The third-order valence-corrected chi connectivity index (χ3v) is 2.59. The zero-order chi connectivity index (χ0) is 15.0. The molecule has 0 aliphatic heterocycles. The number of nitro groups is 1. The van der Waals surface area contributed by atoms with E-state index in [0.717, 1.165) is 12.0 Å². The molecule has 0 heterocycles. The SMILES string of the molecule is CCCN[13C](=O)[13C](=O)NCCc1ccc([N+](=O)[O-])cc1. The topological polar surface area (TPSA) is 101 Å². The molecular formula is C13H17N3O4. The molecule has 0 aliphatic carbocycles. The van der Waals surface area contributed by atoms with Gasteiger partial charge in [-0.1, -0.05) is 19.1 Å². The molecule has 2 amide bonds. The largest absolute Gasteiger partial charge is 0.348 e. The van der Waals surface area contributed by atoms with Gasteiger partial charge in [-0.25, -0.2) is 0 Å². The van der Waals surface area contributed by atoms with Crippen molar-refractivity contribution in [3.8, 4) is 0 Å². The maximum absolute atomic E-state index is 11.4. The molecule has 0 saturated carbocycles. The van der Waals surface area contributed by atoms with Gasteiger partial charge in [-0.3, -0.25) is 19.7 Å². The van der Waals surface area contributed by atoms with Crippen molar-refractivity contribution in [1.29, 1.82) is 0 Å². The number of carbonyl (C=O) groups is 2. The van der Waals surface area contributed by atoms with Gasteiger partial charge in [0.15, 0.2) is 0 Å². The van der Waals surface area contributed by atoms with Crippen LogP contribution < -0.4 is 10.6 Å². The van der Waals surface area contributed by atoms with E-state index in [1.165, 1.54) is 12.1 Å². The Kier molecular flexibility index (Phi) is 6.15. The number of nitrogens with one attached hydrogen (secondary N) is 2. The van der Waals surface area contributed by atoms with Crippen LogP contribution in [0.4, 0.5) is 5.69 Å². The van der Waals surface area contributed by atoms with Gasteiger partial charge in [0.05, 0.1) is 4.92 Å². The zero-order valence-corrected chi connectivity index (χ0v) is 11.2. The van der Waals surface area contributed by atoms with Gasteiger partial charge in [0.1, 0.15) is 0 Å². The Bertz CT molecular complexity index is 485. The van der Waals surface area contributed by atoms with Crippen molar-refractivity contribution in [1.82, 2.24) is 10.6 Å². The van der Waals surface area contributed by atoms with Crippen LogP contribution in [0.15, 0.2) is 24.3 Å². The second kappa shape index (κ2) is 7.88. The molecule has 0 aromatic heterocycles. The monoisotopic (exact) mass is 281 g/mol. The maximum Gasteiger partial charge on any atom is 0.309 e. The Morgan fingerprint density at radius 2 is 1.65 bits per heavy atom. The van der Waals surface area contributed by atoms with Crippen molar-refractivity contribution in [2.24, 2.45) is 0 Å². The molecule has 2 N–H and O–H groups in total. The van der Waals surface area contributed by atoms with Crippen LogP contribution in [0.1, 0.15) is 18.9 Å². The van der Waals surface area contributed by atoms with E-state index in [4.69, 9.17) is 0 Å². The first-order valence-electron chi connectivity index (χ1n) is 6.34. The summed E-state index contributed by atoms with van der Waals surface area (Å²) in [6.07, 6.45) is 1.27. The lowest BCUT2D eigenvalue weighted by Crippen LogP contribution is -2.40. The lowest BCUT2D eigenvalue weighted by Gasteiger charge is -2.05. The number of nitrogens with zero attached hydrogens (tertiary/aromatic N) is 1. The number of amides is 2. The highest BCUT2D eigenvalue weighted by Gasteiger charge is 2.11. The highest BCUT2D eigenvalue weighted by Crippen LogP contribution is 2.11. The second-order valence-electron chi connectivity index (χ2n) is 4.19. The van der Waals surface area contributed by atoms with Crippen LogP contribution >= 0.6 is 0 Å². The smallest absolute Gasteiger partial charge is 0.309 e. The van der Waals surface area contributed by atoms with Crippen molar-refractivity contribution < 1.29 is 14.5 Å². The summed E-state index contributed by atoms with van der Waals surface area (Å²) in [6, 6.07) is 6.07. The summed E-state index contributed by atoms with van der Waals surface area (Å²) >= 11 is 0. The van der Waals surface area contributed by atoms with Crippen LogP contribution in [0.2, 0.25) is 0 Å². The van der Waals surface area contributed by atoms with Crippen LogP contribution in [0, 0.1) is 10.1 Å². The van der Waals surface area contributed by atoms with Gasteiger partial charge in [-0.15, -0.1) is 0 Å². The number of nitro benzene ring substituents is 1. The molecule has 1 rings (SSSR count). The molecule has 1 aromatic rings. The van der Waals surface area contributed by atoms with Crippen molar-refractivity contribution in [3.63, 3.8) is 0 Å². The van der Waals surface area contributed by atoms with E-state index in [0.29, 0.717) is 19.5 Å². The Labute approximate surface area is 116 Å². The Morgan fingerprint density at radius 1 is 1.10 bits per heavy atom. The molecule has 7 nitrogen and oxygen atoms in total. The fourth-order valence-electron chi connectivity index (χ4n) is 1.50. The third kappa shape index (κ3) is 5.05. The third-order valence-electron chi connectivity index (χ3n) is 2.59. The number of carbonyl (C=O) groups excluding carboxylic acids is 2. The summed E-state index contributed by atoms with van der Waals surface area (Å²) in [5.41, 5.74) is 0.876. The van der Waals surface area contributed by atoms with E-state index in [2.05, 4.69) is 10.6 Å². The second-order valence-corrected chi connectivity index (χ2v) is 4.19. The summed E-state index contributed by atoms with van der Waals surface area (Å²) in [5.74, 6) is -1.31. The van der Waals surface area contributed by atoms with E-state index in [9.17, 15) is 19.7 Å². The van der Waals surface area contributed by atoms with E-state index in [-0.39, 0.29) is 5.69 Å². The Hall–Kier alpha value is -2.44. The van der Waals surface area contributed by atoms with Gasteiger partial charge in [-0.05, 0) is 18.4 Å². The predicted octanol–water partition coefficient (Wildman–Crippen LogP) is 0.780. The molecule has 108 valence electrons. The lowest BCUT2D eigenvalue weighted by molar-refractivity contribution is -0.384. The molecule has 0 fully saturated rings. The van der Waals surface area contributed by atoms with Crippen molar-refractivity contribution in [2.45, 2.75) is 19.8 Å². The molecule has 0 spiro atoms. The number of hydrogen-bond donors (Lipinski definition) is 2. The summed E-state index contributed by atoms with van der Waals surface area (Å²) in [4.78, 5) is 32.6. The molecule has 7 heteroatoms. The minimum absolute atomic E-state index is 0.0247. The van der Waals surface area contributed by atoms with Gasteiger partial charge in [0.2, 0.25) is 0 Å². The number of rotatable bonds is 6. The highest BCUT2D eigenvalue weighted by atomic mass is 16.6. The van der Waals surface area contributed by atoms with Gasteiger partial charge in [0.25, 0.3) is 5.69 Å². The Balaban J connectivity index is 2.35. The van der Waals surface area contributed by atoms with Gasteiger partial charge in [-0.2, -0.15) is 0 Å². The van der Waals surface area contributed by atoms with E-state index < -0.39 is 16.7 Å². The van der Waals surface area contributed by atoms with Crippen LogP contribution in [0.5, 0.6) is 0 Å². The van der Waals surface area contributed by atoms with Crippen LogP contribution in [0.25, 0.3) is 0 Å². The molecule has 0 atom stereocenters. The molecule has 20 heavy (non-hydrogen) atoms. The molecule has 0 aliphatic rings. The average molecular weight is 281 g/mol. The zero-order valence-electron chi connectivity index (χ0n) is 11.2. The van der Waals surface area contributed by atoms with Gasteiger partial charge >= 0.3 is 11.8 Å². The Morgan fingerprint density at radius 3 is 2.15 bits per heavy atom. The highest BCUT2D eigenvalue weighted by molar-refractivity contribution is 6.35. The van der Waals surface area contributed by atoms with Crippen LogP contribution in [-0.4, -0.2) is 29.8 Å². The van der Waals surface area contributed by atoms with Crippen LogP contribution in [0.3, 0.4) is 0 Å². The van der Waals surface area contributed by atoms with Crippen molar-refractivity contribution >= 4 is 17.5 Å². The molecule has 1 aromatic carbocycles. The minimum Gasteiger partial charge on any atom is -0.348 e. The first kappa shape index (κ1) is 15.6. The number of non-ortho nitro benzene ring substituents is 1. The first-order valence-corrected chi connectivity index (χ1v) is 6.34. The molecule has 0 saturated heterocycles. The maximum atomic E-state index is 11.4. The lowest BCUT2D eigenvalue weighted by atomic mass is 10.1. The number of benzene rings is 1. The number of hydrogen-bond acceptors (Lipinski definition) is 4. The minimum atomic E-state index is -0.666. The predicted molar refractivity (Wildman–Crippen MR) is 73.1 cm³/mol. The average Bonchev–Trinajstić information content (AvgIpc) is 2.45. The summed E-state index contributed by atoms with van der Waals surface area (Å²) in [6.45, 7) is 2.66. The van der Waals surface area contributed by atoms with E-state index >= 15 is 0 Å². The first-order chi connectivity index (χ1) is 9.54. The van der Waals surface area contributed by atoms with Gasteiger partial charge in [0, 0.05) is 25.2 Å². The fourth-order valence-corrected chi connectivity index (χ4v) is 1.50. The molecule has 0 bridgehead atoms. The molecular weight excluding hydrogens is 264 g/mol. The summed E-state index contributed by atoms with van der Waals surface area (Å²) < 4.78 is 0. The summed E-state index contributed by atoms with van der Waals surface area (Å²) in [7, 11) is 0. The molecule has 0 radical (unpaired) electrons. The van der Waals surface area contributed by atoms with Crippen molar-refractivity contribution in [2.75, 3.05) is 13.1 Å². The van der Waals surface area contributed by atoms with Crippen molar-refractivity contribution in [3.05, 3.63) is 39.9 Å². The summed E-state index contributed by atoms with van der Waals surface area (Å²) in [5, 5.41) is 15.4. The fraction of sp³-hybridized carbons (Fsp3) is 0.385. The quantitative estimate of drug-likeness (QED) is 0.348. The standard InChI is InChI=1S/C13H17N3O4/c1-2-8-14-12(17)13(18)15-9-7-10-3-5-11(6-4-10)16(19)20/h3-6H,2,7-9H2,1H3,(H,14,17)(H,15,18)/i12+1,13+1. The van der Waals surface area contributed by atoms with Gasteiger partial charge < -0.3 is 10.6 Å². The van der Waals surface area contributed by atoms with Crippen LogP contribution in [-0.2, 0) is 16.0 Å². The van der Waals surface area contributed by atoms with E-state index in [1.807, 2.05) is 6.92 Å². The normalized spacial score (nSPS) is 9.85.